The van der Waals surface area contributed by atoms with Crippen molar-refractivity contribution in [2.24, 2.45) is 0 Å². The van der Waals surface area contributed by atoms with Gasteiger partial charge in [0.1, 0.15) is 0 Å². The van der Waals surface area contributed by atoms with Gasteiger partial charge in [0, 0.05) is 0 Å². The van der Waals surface area contributed by atoms with Crippen molar-refractivity contribution in [1.82, 2.24) is 0 Å². The van der Waals surface area contributed by atoms with E-state index in [-0.39, 0.29) is 30.7 Å². The number of rotatable bonds is 6. The van der Waals surface area contributed by atoms with E-state index in [1.165, 1.54) is 61.4 Å². The molecule has 31 heavy (non-hydrogen) atoms. The van der Waals surface area contributed by atoms with Gasteiger partial charge in [-0.25, -0.2) is 0 Å². The molecule has 0 aromatic heterocycles. The normalized spacial score (nSPS) is 18.2. The smallest absolute Gasteiger partial charge is 1.00 e. The number of ether oxygens (including phenoxy) is 1. The third-order valence-corrected chi connectivity index (χ3v) is 7.80. The molecular weight excluding hydrogens is 522 g/mol. The minimum atomic E-state index is -1.51. The summed E-state index contributed by atoms with van der Waals surface area (Å²) in [7, 11) is -1.51. The molecule has 0 aliphatic heterocycles. The van der Waals surface area contributed by atoms with Crippen LogP contribution in [-0.4, -0.2) is 21.5 Å². The van der Waals surface area contributed by atoms with Crippen molar-refractivity contribution in [1.29, 1.82) is 0 Å². The molecule has 6 heteroatoms. The molecular formula is C25H27Cl2O2SiZr. The molecule has 1 unspecified atom stereocenters. The quantitative estimate of drug-likeness (QED) is 0.383. The fourth-order valence-corrected chi connectivity index (χ4v) is 6.13. The van der Waals surface area contributed by atoms with Gasteiger partial charge in [-0.05, 0) is 0 Å². The van der Waals surface area contributed by atoms with Gasteiger partial charge >= 0.3 is 191 Å². The minimum absolute atomic E-state index is 0. The maximum Gasteiger partial charge on any atom is -1.00 e. The summed E-state index contributed by atoms with van der Waals surface area (Å²) >= 11 is 1.46. The fourth-order valence-electron chi connectivity index (χ4n) is 4.18. The molecule has 2 aromatic rings. The molecule has 0 bridgehead atoms. The first kappa shape index (κ1) is 26.4. The van der Waals surface area contributed by atoms with E-state index in [2.05, 4.69) is 87.2 Å². The van der Waals surface area contributed by atoms with E-state index in [4.69, 9.17) is 9.16 Å². The van der Waals surface area contributed by atoms with Crippen molar-refractivity contribution < 1.29 is 58.7 Å². The van der Waals surface area contributed by atoms with E-state index in [0.717, 1.165) is 5.76 Å². The summed E-state index contributed by atoms with van der Waals surface area (Å²) in [6.45, 7) is 10.0. The first-order chi connectivity index (χ1) is 13.9. The van der Waals surface area contributed by atoms with Crippen LogP contribution in [0, 0.1) is 0 Å². The van der Waals surface area contributed by atoms with E-state index < -0.39 is 8.32 Å². The number of benzene rings is 2. The first-order valence-electron chi connectivity index (χ1n) is 10.2. The Balaban J connectivity index is 0.00000171. The predicted molar refractivity (Wildman–Crippen MR) is 119 cm³/mol. The van der Waals surface area contributed by atoms with Gasteiger partial charge in [0.2, 0.25) is 0 Å². The molecule has 161 valence electrons. The molecule has 2 aromatic carbocycles. The Labute approximate surface area is 214 Å². The van der Waals surface area contributed by atoms with Crippen molar-refractivity contribution >= 4 is 22.9 Å². The summed E-state index contributed by atoms with van der Waals surface area (Å²) in [4.78, 5) is 0. The maximum absolute atomic E-state index is 6.22. The Morgan fingerprint density at radius 1 is 0.903 bits per heavy atom. The molecule has 0 amide bonds. The van der Waals surface area contributed by atoms with Gasteiger partial charge in [-0.15, -0.1) is 0 Å². The molecule has 0 saturated carbocycles. The van der Waals surface area contributed by atoms with Crippen molar-refractivity contribution in [2.45, 2.75) is 32.5 Å². The number of hydrogen-bond donors (Lipinski definition) is 0. The van der Waals surface area contributed by atoms with Crippen molar-refractivity contribution in [3.05, 3.63) is 88.5 Å². The van der Waals surface area contributed by atoms with Crippen LogP contribution in [0.5, 0.6) is 0 Å². The van der Waals surface area contributed by atoms with Crippen molar-refractivity contribution in [2.75, 3.05) is 13.2 Å². The SMILES string of the molecule is CC=C1C(C2C=C(OCCO[Si](C)(C)C)c3ccccc32)=[C]([Zr+2])c2ccccc21.[Cl-].[Cl-]. The van der Waals surface area contributed by atoms with E-state index >= 15 is 0 Å². The molecule has 0 fully saturated rings. The molecule has 2 nitrogen and oxygen atoms in total. The van der Waals surface area contributed by atoms with E-state index in [1.807, 2.05) is 0 Å². The van der Waals surface area contributed by atoms with Gasteiger partial charge < -0.3 is 24.8 Å². The van der Waals surface area contributed by atoms with Crippen LogP contribution >= 0.6 is 0 Å². The zero-order chi connectivity index (χ0) is 20.6. The summed E-state index contributed by atoms with van der Waals surface area (Å²) in [5, 5.41) is 0. The van der Waals surface area contributed by atoms with Crippen LogP contribution in [0.2, 0.25) is 19.6 Å². The third-order valence-electron chi connectivity index (χ3n) is 5.40. The molecule has 4 rings (SSSR count). The molecule has 2 aliphatic rings. The Kier molecular flexibility index (Phi) is 9.19. The Morgan fingerprint density at radius 2 is 1.52 bits per heavy atom. The second-order valence-electron chi connectivity index (χ2n) is 8.44. The molecule has 1 atom stereocenters. The second kappa shape index (κ2) is 10.8. The third kappa shape index (κ3) is 5.37. The van der Waals surface area contributed by atoms with Crippen LogP contribution in [-0.2, 0) is 33.9 Å². The molecule has 0 spiro atoms. The summed E-state index contributed by atoms with van der Waals surface area (Å²) in [5.74, 6) is 1.24. The first-order valence-corrected chi connectivity index (χ1v) is 14.8. The van der Waals surface area contributed by atoms with E-state index in [1.54, 1.807) is 0 Å². The fraction of sp³-hybridized carbons (Fsp3) is 0.280. The number of halogens is 2. The van der Waals surface area contributed by atoms with E-state index in [9.17, 15) is 0 Å². The van der Waals surface area contributed by atoms with Gasteiger partial charge in [0.25, 0.3) is 0 Å². The average Bonchev–Trinajstić information content (AvgIpc) is 3.20. The maximum atomic E-state index is 6.22. The van der Waals surface area contributed by atoms with Gasteiger partial charge in [-0.1, -0.05) is 0 Å². The van der Waals surface area contributed by atoms with Gasteiger partial charge in [0.05, 0.1) is 0 Å². The number of fused-ring (bicyclic) bond motifs is 2. The zero-order valence-corrected chi connectivity index (χ0v) is 23.3. The topological polar surface area (TPSA) is 18.5 Å². The molecule has 0 heterocycles. The van der Waals surface area contributed by atoms with E-state index in [0.29, 0.717) is 13.2 Å². The van der Waals surface area contributed by atoms with Crippen LogP contribution in [0.3, 0.4) is 0 Å². The summed E-state index contributed by atoms with van der Waals surface area (Å²) < 4.78 is 13.6. The second-order valence-corrected chi connectivity index (χ2v) is 14.2. The van der Waals surface area contributed by atoms with Crippen LogP contribution < -0.4 is 24.8 Å². The number of allylic oxidation sites excluding steroid dienone is 4. The largest absolute Gasteiger partial charge is 1.00 e. The molecule has 2 aliphatic carbocycles. The van der Waals surface area contributed by atoms with Crippen molar-refractivity contribution in [3.63, 3.8) is 0 Å². The standard InChI is InChI=1S/C25H27O2Si.2ClH.Zr/c1-5-19-20-11-7-6-10-18(20)16-23(19)24-17-25(22-13-9-8-12-21(22)24)26-14-15-27-28(2,3)4;;;/h5-13,17,24H,14-15H2,1-4H3;2*1H;/q;;;+2/p-2. The van der Waals surface area contributed by atoms with Gasteiger partial charge in [-0.3, -0.25) is 0 Å². The van der Waals surface area contributed by atoms with Crippen LogP contribution in [0.25, 0.3) is 14.6 Å². The van der Waals surface area contributed by atoms with Crippen LogP contribution in [0.15, 0.2) is 66.3 Å². The zero-order valence-electron chi connectivity index (χ0n) is 18.3. The van der Waals surface area contributed by atoms with Crippen LogP contribution in [0.4, 0.5) is 0 Å². The average molecular weight is 550 g/mol. The predicted octanol–water partition coefficient (Wildman–Crippen LogP) is 0.376. The Bertz CT molecular complexity index is 1040. The molecule has 0 radical (unpaired) electrons. The summed E-state index contributed by atoms with van der Waals surface area (Å²) in [5.41, 5.74) is 8.12. The minimum Gasteiger partial charge on any atom is -1.00 e. The summed E-state index contributed by atoms with van der Waals surface area (Å²) in [6.07, 6.45) is 4.58. The van der Waals surface area contributed by atoms with Gasteiger partial charge in [0.15, 0.2) is 0 Å². The summed E-state index contributed by atoms with van der Waals surface area (Å²) in [6, 6.07) is 17.5. The van der Waals surface area contributed by atoms with Gasteiger partial charge in [-0.2, -0.15) is 0 Å². The molecule has 0 N–H and O–H groups in total. The molecule has 0 saturated heterocycles. The Hall–Kier alpha value is -0.900. The monoisotopic (exact) mass is 547 g/mol. The number of hydrogen-bond acceptors (Lipinski definition) is 2. The van der Waals surface area contributed by atoms with Crippen molar-refractivity contribution in [3.8, 4) is 0 Å². The Morgan fingerprint density at radius 3 is 2.16 bits per heavy atom. The van der Waals surface area contributed by atoms with Crippen LogP contribution in [0.1, 0.15) is 35.1 Å².